The summed E-state index contributed by atoms with van der Waals surface area (Å²) in [7, 11) is 0. The van der Waals surface area contributed by atoms with E-state index in [0.29, 0.717) is 23.6 Å². The van der Waals surface area contributed by atoms with Crippen LogP contribution in [-0.2, 0) is 11.2 Å². The standard InChI is InChI=1S/C22H27N3O2/c1-16-11-13-25(14-12-16)22(27)18-7-9-19(10-8-18)24-21(26)20(23)15-17-5-3-2-4-6-17/h2-10,16,20H,11-15,23H2,1H3,(H,24,26)/t20-/m0/s1. The predicted octanol–water partition coefficient (Wildman–Crippen LogP) is 3.07. The van der Waals surface area contributed by atoms with Crippen LogP contribution < -0.4 is 11.1 Å². The first kappa shape index (κ1) is 19.1. The largest absolute Gasteiger partial charge is 0.339 e. The number of nitrogens with two attached hydrogens (primary N) is 1. The highest BCUT2D eigenvalue weighted by Crippen LogP contribution is 2.19. The molecule has 1 aliphatic rings. The van der Waals surface area contributed by atoms with Crippen molar-refractivity contribution in [2.45, 2.75) is 32.2 Å². The molecule has 3 N–H and O–H groups in total. The molecule has 0 saturated carbocycles. The van der Waals surface area contributed by atoms with Gasteiger partial charge in [-0.3, -0.25) is 9.59 Å². The number of rotatable bonds is 5. The van der Waals surface area contributed by atoms with Crippen LogP contribution in [0.15, 0.2) is 54.6 Å². The van der Waals surface area contributed by atoms with Gasteiger partial charge in [-0.05, 0) is 55.0 Å². The van der Waals surface area contributed by atoms with Gasteiger partial charge in [-0.1, -0.05) is 37.3 Å². The van der Waals surface area contributed by atoms with E-state index >= 15 is 0 Å². The molecule has 27 heavy (non-hydrogen) atoms. The van der Waals surface area contributed by atoms with Gasteiger partial charge in [0.2, 0.25) is 5.91 Å². The minimum Gasteiger partial charge on any atom is -0.339 e. The van der Waals surface area contributed by atoms with Crippen molar-refractivity contribution in [3.63, 3.8) is 0 Å². The Bertz CT molecular complexity index is 766. The Morgan fingerprint density at radius 1 is 1.07 bits per heavy atom. The number of anilines is 1. The molecule has 2 aromatic rings. The van der Waals surface area contributed by atoms with Crippen LogP contribution in [0.4, 0.5) is 5.69 Å². The van der Waals surface area contributed by atoms with E-state index in [-0.39, 0.29) is 11.8 Å². The van der Waals surface area contributed by atoms with E-state index < -0.39 is 6.04 Å². The molecule has 1 fully saturated rings. The monoisotopic (exact) mass is 365 g/mol. The Morgan fingerprint density at radius 3 is 2.33 bits per heavy atom. The number of carbonyl (C=O) groups excluding carboxylic acids is 2. The van der Waals surface area contributed by atoms with Crippen LogP contribution >= 0.6 is 0 Å². The Labute approximate surface area is 160 Å². The van der Waals surface area contributed by atoms with Crippen molar-refractivity contribution < 1.29 is 9.59 Å². The normalized spacial score (nSPS) is 16.0. The lowest BCUT2D eigenvalue weighted by Crippen LogP contribution is -2.38. The highest BCUT2D eigenvalue weighted by molar-refractivity contribution is 5.97. The SMILES string of the molecule is CC1CCN(C(=O)c2ccc(NC(=O)[C@@H](N)Cc3ccccc3)cc2)CC1. The lowest BCUT2D eigenvalue weighted by molar-refractivity contribution is -0.117. The Kier molecular flexibility index (Phi) is 6.24. The summed E-state index contributed by atoms with van der Waals surface area (Å²) in [6.45, 7) is 3.85. The highest BCUT2D eigenvalue weighted by atomic mass is 16.2. The molecule has 5 heteroatoms. The fraction of sp³-hybridized carbons (Fsp3) is 0.364. The third-order valence-electron chi connectivity index (χ3n) is 5.11. The van der Waals surface area contributed by atoms with Gasteiger partial charge in [0.15, 0.2) is 0 Å². The molecule has 1 saturated heterocycles. The molecule has 142 valence electrons. The Balaban J connectivity index is 1.55. The molecule has 3 rings (SSSR count). The first-order valence-corrected chi connectivity index (χ1v) is 9.52. The third-order valence-corrected chi connectivity index (χ3v) is 5.11. The summed E-state index contributed by atoms with van der Waals surface area (Å²) >= 11 is 0. The predicted molar refractivity (Wildman–Crippen MR) is 107 cm³/mol. The maximum Gasteiger partial charge on any atom is 0.253 e. The molecule has 0 unspecified atom stereocenters. The third kappa shape index (κ3) is 5.17. The van der Waals surface area contributed by atoms with E-state index in [0.717, 1.165) is 31.5 Å². The zero-order chi connectivity index (χ0) is 19.2. The lowest BCUT2D eigenvalue weighted by Gasteiger charge is -2.30. The molecule has 2 amide bonds. The molecule has 0 spiro atoms. The van der Waals surface area contributed by atoms with E-state index in [1.165, 1.54) is 0 Å². The quantitative estimate of drug-likeness (QED) is 0.855. The van der Waals surface area contributed by atoms with Crippen LogP contribution in [0.3, 0.4) is 0 Å². The molecule has 1 aliphatic heterocycles. The number of hydrogen-bond acceptors (Lipinski definition) is 3. The minimum atomic E-state index is -0.621. The van der Waals surface area contributed by atoms with Gasteiger partial charge < -0.3 is 16.0 Å². The van der Waals surface area contributed by atoms with Gasteiger partial charge >= 0.3 is 0 Å². The molecule has 1 atom stereocenters. The molecule has 5 nitrogen and oxygen atoms in total. The van der Waals surface area contributed by atoms with E-state index in [4.69, 9.17) is 5.73 Å². The highest BCUT2D eigenvalue weighted by Gasteiger charge is 2.21. The molecule has 0 bridgehead atoms. The molecule has 2 aromatic carbocycles. The van der Waals surface area contributed by atoms with Gasteiger partial charge in [-0.2, -0.15) is 0 Å². The van der Waals surface area contributed by atoms with Crippen molar-refractivity contribution in [3.05, 3.63) is 65.7 Å². The summed E-state index contributed by atoms with van der Waals surface area (Å²) in [4.78, 5) is 26.8. The van der Waals surface area contributed by atoms with E-state index in [2.05, 4.69) is 12.2 Å². The average molecular weight is 365 g/mol. The number of amides is 2. The zero-order valence-corrected chi connectivity index (χ0v) is 15.7. The number of nitrogens with zero attached hydrogens (tertiary/aromatic N) is 1. The van der Waals surface area contributed by atoms with Gasteiger partial charge in [0, 0.05) is 24.3 Å². The van der Waals surface area contributed by atoms with Crippen molar-refractivity contribution in [1.82, 2.24) is 4.90 Å². The van der Waals surface area contributed by atoms with Crippen LogP contribution in [0.1, 0.15) is 35.7 Å². The van der Waals surface area contributed by atoms with Crippen molar-refractivity contribution >= 4 is 17.5 Å². The summed E-state index contributed by atoms with van der Waals surface area (Å²) in [6.07, 6.45) is 2.59. The van der Waals surface area contributed by atoms with Crippen LogP contribution in [-0.4, -0.2) is 35.8 Å². The van der Waals surface area contributed by atoms with Crippen LogP contribution in [0.5, 0.6) is 0 Å². The number of likely N-dealkylation sites (tertiary alicyclic amines) is 1. The second kappa shape index (κ2) is 8.82. The average Bonchev–Trinajstić information content (AvgIpc) is 2.69. The summed E-state index contributed by atoms with van der Waals surface area (Å²) in [5.41, 5.74) is 8.33. The first-order chi connectivity index (χ1) is 13.0. The Morgan fingerprint density at radius 2 is 1.70 bits per heavy atom. The number of benzene rings is 2. The number of carbonyl (C=O) groups is 2. The smallest absolute Gasteiger partial charge is 0.253 e. The van der Waals surface area contributed by atoms with Crippen LogP contribution in [0.2, 0.25) is 0 Å². The van der Waals surface area contributed by atoms with E-state index in [9.17, 15) is 9.59 Å². The maximum atomic E-state index is 12.6. The topological polar surface area (TPSA) is 75.4 Å². The van der Waals surface area contributed by atoms with Gasteiger partial charge in [-0.15, -0.1) is 0 Å². The van der Waals surface area contributed by atoms with Gasteiger partial charge in [0.1, 0.15) is 0 Å². The fourth-order valence-electron chi connectivity index (χ4n) is 3.29. The van der Waals surface area contributed by atoms with Gasteiger partial charge in [0.25, 0.3) is 5.91 Å². The lowest BCUT2D eigenvalue weighted by atomic mass is 9.98. The maximum absolute atomic E-state index is 12.6. The van der Waals surface area contributed by atoms with Gasteiger partial charge in [0.05, 0.1) is 6.04 Å². The second-order valence-corrected chi connectivity index (χ2v) is 7.34. The molecule has 0 radical (unpaired) electrons. The first-order valence-electron chi connectivity index (χ1n) is 9.52. The van der Waals surface area contributed by atoms with Crippen molar-refractivity contribution in [2.24, 2.45) is 11.7 Å². The zero-order valence-electron chi connectivity index (χ0n) is 15.7. The molecule has 0 aromatic heterocycles. The summed E-state index contributed by atoms with van der Waals surface area (Å²) in [5.74, 6) is 0.509. The van der Waals surface area contributed by atoms with E-state index in [1.54, 1.807) is 24.3 Å². The molecular formula is C22H27N3O2. The summed E-state index contributed by atoms with van der Waals surface area (Å²) in [5, 5.41) is 2.82. The van der Waals surface area contributed by atoms with Crippen molar-refractivity contribution in [1.29, 1.82) is 0 Å². The van der Waals surface area contributed by atoms with Gasteiger partial charge in [-0.25, -0.2) is 0 Å². The van der Waals surface area contributed by atoms with Crippen molar-refractivity contribution in [3.8, 4) is 0 Å². The number of nitrogens with one attached hydrogen (secondary N) is 1. The Hall–Kier alpha value is -2.66. The number of hydrogen-bond donors (Lipinski definition) is 2. The fourth-order valence-corrected chi connectivity index (χ4v) is 3.29. The van der Waals surface area contributed by atoms with Crippen molar-refractivity contribution in [2.75, 3.05) is 18.4 Å². The van der Waals surface area contributed by atoms with E-state index in [1.807, 2.05) is 35.2 Å². The molecule has 0 aliphatic carbocycles. The molecular weight excluding hydrogens is 338 g/mol. The van der Waals surface area contributed by atoms with Crippen LogP contribution in [0.25, 0.3) is 0 Å². The number of piperidine rings is 1. The summed E-state index contributed by atoms with van der Waals surface area (Å²) in [6, 6.07) is 16.1. The minimum absolute atomic E-state index is 0.0561. The summed E-state index contributed by atoms with van der Waals surface area (Å²) < 4.78 is 0. The van der Waals surface area contributed by atoms with Crippen LogP contribution in [0, 0.1) is 5.92 Å². The second-order valence-electron chi connectivity index (χ2n) is 7.34. The molecule has 1 heterocycles.